The zero-order chi connectivity index (χ0) is 12.0. The first kappa shape index (κ1) is 13.7. The van der Waals surface area contributed by atoms with Gasteiger partial charge < -0.3 is 10.2 Å². The lowest BCUT2D eigenvalue weighted by Crippen LogP contribution is -2.30. The Kier molecular flexibility index (Phi) is 6.03. The molecule has 0 saturated heterocycles. The fourth-order valence-corrected chi connectivity index (χ4v) is 1.94. The first-order valence-electron chi connectivity index (χ1n) is 5.81. The average molecular weight is 285 g/mol. The molecule has 0 bridgehead atoms. The first-order valence-corrected chi connectivity index (χ1v) is 6.60. The highest BCUT2D eigenvalue weighted by molar-refractivity contribution is 9.10. The van der Waals surface area contributed by atoms with Gasteiger partial charge in [0, 0.05) is 23.6 Å². The first-order chi connectivity index (χ1) is 7.63. The SMILES string of the molecule is CCN(C)CCNC(C)c1cccc(Br)c1. The normalized spacial score (nSPS) is 13.1. The Morgan fingerprint density at radius 2 is 2.19 bits per heavy atom. The lowest BCUT2D eigenvalue weighted by molar-refractivity contribution is 0.342. The fraction of sp³-hybridized carbons (Fsp3) is 0.538. The Hall–Kier alpha value is -0.380. The predicted octanol–water partition coefficient (Wildman–Crippen LogP) is 3.05. The molecule has 1 rings (SSSR count). The van der Waals surface area contributed by atoms with Crippen molar-refractivity contribution in [3.05, 3.63) is 34.3 Å². The Morgan fingerprint density at radius 3 is 2.81 bits per heavy atom. The second-order valence-electron chi connectivity index (χ2n) is 4.13. The second-order valence-corrected chi connectivity index (χ2v) is 5.04. The summed E-state index contributed by atoms with van der Waals surface area (Å²) in [4.78, 5) is 2.31. The number of halogens is 1. The third-order valence-corrected chi connectivity index (χ3v) is 3.33. The van der Waals surface area contributed by atoms with Gasteiger partial charge in [-0.05, 0) is 38.2 Å². The monoisotopic (exact) mass is 284 g/mol. The van der Waals surface area contributed by atoms with E-state index >= 15 is 0 Å². The number of hydrogen-bond acceptors (Lipinski definition) is 2. The van der Waals surface area contributed by atoms with Gasteiger partial charge >= 0.3 is 0 Å². The van der Waals surface area contributed by atoms with E-state index in [1.807, 2.05) is 0 Å². The van der Waals surface area contributed by atoms with Crippen LogP contribution in [0.4, 0.5) is 0 Å². The van der Waals surface area contributed by atoms with Crippen LogP contribution >= 0.6 is 15.9 Å². The Labute approximate surface area is 107 Å². The lowest BCUT2D eigenvalue weighted by atomic mass is 10.1. The molecule has 0 aliphatic heterocycles. The summed E-state index contributed by atoms with van der Waals surface area (Å²) >= 11 is 3.50. The van der Waals surface area contributed by atoms with Crippen LogP contribution in [-0.2, 0) is 0 Å². The summed E-state index contributed by atoms with van der Waals surface area (Å²) < 4.78 is 1.14. The molecule has 1 unspecified atom stereocenters. The summed E-state index contributed by atoms with van der Waals surface area (Å²) in [5.41, 5.74) is 1.33. The van der Waals surface area contributed by atoms with Gasteiger partial charge in [-0.1, -0.05) is 35.0 Å². The summed E-state index contributed by atoms with van der Waals surface area (Å²) in [6.45, 7) is 7.60. The van der Waals surface area contributed by atoms with E-state index in [0.29, 0.717) is 6.04 Å². The van der Waals surface area contributed by atoms with E-state index in [1.165, 1.54) is 5.56 Å². The molecule has 2 nitrogen and oxygen atoms in total. The van der Waals surface area contributed by atoms with Crippen molar-refractivity contribution in [3.8, 4) is 0 Å². The van der Waals surface area contributed by atoms with Crippen LogP contribution in [0, 0.1) is 0 Å². The summed E-state index contributed by atoms with van der Waals surface area (Å²) in [7, 11) is 2.14. The molecule has 0 spiro atoms. The quantitative estimate of drug-likeness (QED) is 0.864. The molecular weight excluding hydrogens is 264 g/mol. The van der Waals surface area contributed by atoms with Crippen molar-refractivity contribution in [2.45, 2.75) is 19.9 Å². The summed E-state index contributed by atoms with van der Waals surface area (Å²) in [5.74, 6) is 0. The van der Waals surface area contributed by atoms with Gasteiger partial charge in [-0.25, -0.2) is 0 Å². The number of rotatable bonds is 6. The summed E-state index contributed by atoms with van der Waals surface area (Å²) in [5, 5.41) is 3.53. The molecule has 0 amide bonds. The minimum Gasteiger partial charge on any atom is -0.309 e. The lowest BCUT2D eigenvalue weighted by Gasteiger charge is -2.18. The van der Waals surface area contributed by atoms with Crippen molar-refractivity contribution in [3.63, 3.8) is 0 Å². The molecule has 0 fully saturated rings. The molecule has 3 heteroatoms. The fourth-order valence-electron chi connectivity index (χ4n) is 1.52. The van der Waals surface area contributed by atoms with Crippen LogP contribution in [-0.4, -0.2) is 31.6 Å². The van der Waals surface area contributed by atoms with Gasteiger partial charge in [-0.15, -0.1) is 0 Å². The smallest absolute Gasteiger partial charge is 0.0292 e. The van der Waals surface area contributed by atoms with Gasteiger partial charge in [0.05, 0.1) is 0 Å². The van der Waals surface area contributed by atoms with E-state index < -0.39 is 0 Å². The van der Waals surface area contributed by atoms with E-state index in [2.05, 4.69) is 71.3 Å². The van der Waals surface area contributed by atoms with Crippen molar-refractivity contribution in [1.82, 2.24) is 10.2 Å². The third-order valence-electron chi connectivity index (χ3n) is 2.83. The van der Waals surface area contributed by atoms with E-state index in [-0.39, 0.29) is 0 Å². The van der Waals surface area contributed by atoms with Crippen molar-refractivity contribution < 1.29 is 0 Å². The molecule has 1 atom stereocenters. The highest BCUT2D eigenvalue weighted by atomic mass is 79.9. The number of hydrogen-bond donors (Lipinski definition) is 1. The maximum Gasteiger partial charge on any atom is 0.0292 e. The van der Waals surface area contributed by atoms with Gasteiger partial charge in [-0.3, -0.25) is 0 Å². The molecule has 0 heterocycles. The van der Waals surface area contributed by atoms with Crippen molar-refractivity contribution in [2.24, 2.45) is 0 Å². The van der Waals surface area contributed by atoms with E-state index in [1.54, 1.807) is 0 Å². The van der Waals surface area contributed by atoms with Gasteiger partial charge in [0.2, 0.25) is 0 Å². The standard InChI is InChI=1S/C13H21BrN2/c1-4-16(3)9-8-15-11(2)12-6-5-7-13(14)10-12/h5-7,10-11,15H,4,8-9H2,1-3H3. The maximum absolute atomic E-state index is 3.53. The highest BCUT2D eigenvalue weighted by Gasteiger charge is 2.04. The molecule has 1 aromatic rings. The van der Waals surface area contributed by atoms with Crippen molar-refractivity contribution in [1.29, 1.82) is 0 Å². The van der Waals surface area contributed by atoms with Gasteiger partial charge in [0.15, 0.2) is 0 Å². The molecule has 0 aromatic heterocycles. The van der Waals surface area contributed by atoms with Crippen molar-refractivity contribution in [2.75, 3.05) is 26.7 Å². The average Bonchev–Trinajstić information content (AvgIpc) is 2.28. The van der Waals surface area contributed by atoms with Crippen LogP contribution in [0.3, 0.4) is 0 Å². The molecule has 16 heavy (non-hydrogen) atoms. The van der Waals surface area contributed by atoms with Crippen LogP contribution < -0.4 is 5.32 Å². The molecular formula is C13H21BrN2. The Morgan fingerprint density at radius 1 is 1.44 bits per heavy atom. The van der Waals surface area contributed by atoms with Gasteiger partial charge in [-0.2, -0.15) is 0 Å². The van der Waals surface area contributed by atoms with Crippen LogP contribution in [0.15, 0.2) is 28.7 Å². The molecule has 1 N–H and O–H groups in total. The van der Waals surface area contributed by atoms with Crippen LogP contribution in [0.25, 0.3) is 0 Å². The number of nitrogens with zero attached hydrogens (tertiary/aromatic N) is 1. The maximum atomic E-state index is 3.53. The third kappa shape index (κ3) is 4.64. The minimum absolute atomic E-state index is 0.405. The molecule has 0 saturated carbocycles. The molecule has 90 valence electrons. The highest BCUT2D eigenvalue weighted by Crippen LogP contribution is 2.17. The Balaban J connectivity index is 2.38. The topological polar surface area (TPSA) is 15.3 Å². The van der Waals surface area contributed by atoms with E-state index in [4.69, 9.17) is 0 Å². The van der Waals surface area contributed by atoms with E-state index in [9.17, 15) is 0 Å². The van der Waals surface area contributed by atoms with Crippen LogP contribution in [0.5, 0.6) is 0 Å². The van der Waals surface area contributed by atoms with Gasteiger partial charge in [0.25, 0.3) is 0 Å². The largest absolute Gasteiger partial charge is 0.309 e. The zero-order valence-corrected chi connectivity index (χ0v) is 11.9. The molecule has 0 radical (unpaired) electrons. The molecule has 1 aromatic carbocycles. The molecule has 0 aliphatic carbocycles. The Bertz CT molecular complexity index is 315. The summed E-state index contributed by atoms with van der Waals surface area (Å²) in [6, 6.07) is 8.87. The predicted molar refractivity (Wildman–Crippen MR) is 73.7 cm³/mol. The number of likely N-dealkylation sites (N-methyl/N-ethyl adjacent to an activating group) is 1. The van der Waals surface area contributed by atoms with Crippen molar-refractivity contribution >= 4 is 15.9 Å². The number of benzene rings is 1. The van der Waals surface area contributed by atoms with Crippen LogP contribution in [0.1, 0.15) is 25.5 Å². The van der Waals surface area contributed by atoms with Crippen LogP contribution in [0.2, 0.25) is 0 Å². The van der Waals surface area contributed by atoms with Gasteiger partial charge in [0.1, 0.15) is 0 Å². The van der Waals surface area contributed by atoms with E-state index in [0.717, 1.165) is 24.1 Å². The zero-order valence-electron chi connectivity index (χ0n) is 10.3. The molecule has 0 aliphatic rings. The minimum atomic E-state index is 0.405. The summed E-state index contributed by atoms with van der Waals surface area (Å²) in [6.07, 6.45) is 0. The second kappa shape index (κ2) is 7.05. The number of nitrogens with one attached hydrogen (secondary N) is 1.